The molecule has 1 aromatic rings. The molecule has 0 fully saturated rings. The maximum Gasteiger partial charge on any atom is 0.200 e. The largest absolute Gasteiger partial charge is 0.412 e. The van der Waals surface area contributed by atoms with E-state index in [0.717, 1.165) is 5.02 Å². The van der Waals surface area contributed by atoms with Crippen LogP contribution in [0.15, 0.2) is 18.2 Å². The molecule has 0 aliphatic rings. The molecular weight excluding hydrogens is 399 g/mol. The average molecular weight is 425 g/mol. The van der Waals surface area contributed by atoms with Crippen LogP contribution in [0, 0.1) is 3.57 Å². The Morgan fingerprint density at radius 2 is 1.55 bits per heavy atom. The fourth-order valence-corrected chi connectivity index (χ4v) is 9.45. The molecule has 4 heteroatoms. The SMILES string of the molecule is CC(C)[Si](OCc1cc(Cl)ccc1I)(C(C)C)C(C)C. The van der Waals surface area contributed by atoms with Crippen molar-refractivity contribution in [2.24, 2.45) is 0 Å². The molecule has 0 heterocycles. The van der Waals surface area contributed by atoms with Crippen molar-refractivity contribution in [1.82, 2.24) is 0 Å². The molecule has 0 aromatic heterocycles. The monoisotopic (exact) mass is 424 g/mol. The lowest BCUT2D eigenvalue weighted by molar-refractivity contribution is 0.265. The molecular formula is C16H26ClIOSi. The molecule has 1 aromatic carbocycles. The van der Waals surface area contributed by atoms with Crippen LogP contribution in [0.2, 0.25) is 21.6 Å². The Kier molecular flexibility index (Phi) is 7.03. The lowest BCUT2D eigenvalue weighted by Crippen LogP contribution is -2.47. The van der Waals surface area contributed by atoms with Crippen molar-refractivity contribution in [3.05, 3.63) is 32.4 Å². The molecule has 0 amide bonds. The van der Waals surface area contributed by atoms with E-state index in [2.05, 4.69) is 70.2 Å². The quantitative estimate of drug-likeness (QED) is 0.367. The minimum Gasteiger partial charge on any atom is -0.412 e. The van der Waals surface area contributed by atoms with Crippen LogP contribution in [0.3, 0.4) is 0 Å². The Morgan fingerprint density at radius 1 is 1.05 bits per heavy atom. The Bertz CT molecular complexity index is 424. The van der Waals surface area contributed by atoms with Crippen molar-refractivity contribution in [2.45, 2.75) is 64.8 Å². The summed E-state index contributed by atoms with van der Waals surface area (Å²) < 4.78 is 7.84. The maximum absolute atomic E-state index is 6.61. The smallest absolute Gasteiger partial charge is 0.200 e. The summed E-state index contributed by atoms with van der Waals surface area (Å²) in [4.78, 5) is 0. The Balaban J connectivity index is 3.00. The second-order valence-corrected chi connectivity index (χ2v) is 13.4. The number of hydrogen-bond donors (Lipinski definition) is 0. The third kappa shape index (κ3) is 3.99. The highest BCUT2D eigenvalue weighted by atomic mass is 127. The van der Waals surface area contributed by atoms with Crippen LogP contribution >= 0.6 is 34.2 Å². The molecule has 0 aliphatic heterocycles. The van der Waals surface area contributed by atoms with Gasteiger partial charge < -0.3 is 4.43 Å². The number of rotatable bonds is 6. The van der Waals surface area contributed by atoms with E-state index in [9.17, 15) is 0 Å². The molecule has 1 nitrogen and oxygen atoms in total. The molecule has 0 aliphatic carbocycles. The third-order valence-electron chi connectivity index (χ3n) is 4.19. The van der Waals surface area contributed by atoms with Crippen molar-refractivity contribution in [3.63, 3.8) is 0 Å². The average Bonchev–Trinajstić information content (AvgIpc) is 2.32. The van der Waals surface area contributed by atoms with Crippen LogP contribution in [0.25, 0.3) is 0 Å². The topological polar surface area (TPSA) is 9.23 Å². The normalized spacial score (nSPS) is 12.8. The van der Waals surface area contributed by atoms with Gasteiger partial charge in [0.25, 0.3) is 0 Å². The molecule has 0 N–H and O–H groups in total. The van der Waals surface area contributed by atoms with Gasteiger partial charge in [-0.05, 0) is 63.0 Å². The number of halogens is 2. The Hall–Kier alpha value is 0.417. The fraction of sp³-hybridized carbons (Fsp3) is 0.625. The second kappa shape index (κ2) is 7.61. The lowest BCUT2D eigenvalue weighted by Gasteiger charge is -2.42. The highest BCUT2D eigenvalue weighted by Gasteiger charge is 2.44. The van der Waals surface area contributed by atoms with Crippen LogP contribution in [0.4, 0.5) is 0 Å². The summed E-state index contributed by atoms with van der Waals surface area (Å²) in [6, 6.07) is 6.03. The van der Waals surface area contributed by atoms with Crippen LogP contribution < -0.4 is 0 Å². The summed E-state index contributed by atoms with van der Waals surface area (Å²) in [7, 11) is -1.80. The van der Waals surface area contributed by atoms with Gasteiger partial charge in [0.2, 0.25) is 8.32 Å². The first kappa shape index (κ1) is 18.5. The van der Waals surface area contributed by atoms with E-state index in [0.29, 0.717) is 23.2 Å². The van der Waals surface area contributed by atoms with Crippen LogP contribution in [-0.4, -0.2) is 8.32 Å². The summed E-state index contributed by atoms with van der Waals surface area (Å²) in [5.74, 6) is 0. The van der Waals surface area contributed by atoms with Gasteiger partial charge in [0.1, 0.15) is 0 Å². The van der Waals surface area contributed by atoms with E-state index in [-0.39, 0.29) is 0 Å². The van der Waals surface area contributed by atoms with Crippen molar-refractivity contribution >= 4 is 42.5 Å². The fourth-order valence-electron chi connectivity index (χ4n) is 3.36. The molecule has 0 bridgehead atoms. The summed E-state index contributed by atoms with van der Waals surface area (Å²) in [5, 5.41) is 0.787. The third-order valence-corrected chi connectivity index (χ3v) is 11.5. The van der Waals surface area contributed by atoms with E-state index >= 15 is 0 Å². The van der Waals surface area contributed by atoms with Gasteiger partial charge in [0, 0.05) is 8.59 Å². The first-order valence-electron chi connectivity index (χ1n) is 7.29. The van der Waals surface area contributed by atoms with Crippen molar-refractivity contribution in [1.29, 1.82) is 0 Å². The van der Waals surface area contributed by atoms with Gasteiger partial charge in [-0.25, -0.2) is 0 Å². The molecule has 114 valence electrons. The Morgan fingerprint density at radius 3 is 2.00 bits per heavy atom. The van der Waals surface area contributed by atoms with Gasteiger partial charge in [0.05, 0.1) is 6.61 Å². The summed E-state index contributed by atoms with van der Waals surface area (Å²) in [6.07, 6.45) is 0. The van der Waals surface area contributed by atoms with Crippen LogP contribution in [0.5, 0.6) is 0 Å². The van der Waals surface area contributed by atoms with Gasteiger partial charge in [-0.2, -0.15) is 0 Å². The predicted molar refractivity (Wildman–Crippen MR) is 100 cm³/mol. The van der Waals surface area contributed by atoms with Gasteiger partial charge in [-0.15, -0.1) is 0 Å². The highest BCUT2D eigenvalue weighted by molar-refractivity contribution is 14.1. The first-order valence-corrected chi connectivity index (χ1v) is 10.9. The molecule has 0 unspecified atom stereocenters. The molecule has 20 heavy (non-hydrogen) atoms. The zero-order valence-electron chi connectivity index (χ0n) is 13.3. The minimum atomic E-state index is -1.80. The van der Waals surface area contributed by atoms with Gasteiger partial charge in [0.15, 0.2) is 0 Å². The van der Waals surface area contributed by atoms with Crippen LogP contribution in [-0.2, 0) is 11.0 Å². The predicted octanol–water partition coefficient (Wildman–Crippen LogP) is 6.64. The first-order chi connectivity index (χ1) is 9.21. The molecule has 0 spiro atoms. The summed E-state index contributed by atoms with van der Waals surface area (Å²) in [6.45, 7) is 14.6. The van der Waals surface area contributed by atoms with Crippen molar-refractivity contribution < 1.29 is 4.43 Å². The summed E-state index contributed by atoms with van der Waals surface area (Å²) in [5.41, 5.74) is 3.04. The zero-order chi connectivity index (χ0) is 15.5. The van der Waals surface area contributed by atoms with E-state index in [1.165, 1.54) is 9.13 Å². The van der Waals surface area contributed by atoms with E-state index in [1.54, 1.807) is 0 Å². The maximum atomic E-state index is 6.61. The number of benzene rings is 1. The van der Waals surface area contributed by atoms with Crippen molar-refractivity contribution in [3.8, 4) is 0 Å². The molecule has 0 atom stereocenters. The van der Waals surface area contributed by atoms with Crippen LogP contribution in [0.1, 0.15) is 47.1 Å². The standard InChI is InChI=1S/C16H26ClIOSi/c1-11(2)20(12(3)4,13(5)6)19-10-14-9-15(17)7-8-16(14)18/h7-9,11-13H,10H2,1-6H3. The number of hydrogen-bond acceptors (Lipinski definition) is 1. The second-order valence-electron chi connectivity index (χ2n) is 6.34. The molecule has 1 rings (SSSR count). The molecule has 0 radical (unpaired) electrons. The molecule has 0 saturated heterocycles. The lowest BCUT2D eigenvalue weighted by atomic mass is 10.2. The van der Waals surface area contributed by atoms with Gasteiger partial charge in [-0.3, -0.25) is 0 Å². The Labute approximate surface area is 143 Å². The summed E-state index contributed by atoms with van der Waals surface area (Å²) >= 11 is 8.46. The van der Waals surface area contributed by atoms with E-state index in [4.69, 9.17) is 16.0 Å². The zero-order valence-corrected chi connectivity index (χ0v) is 17.2. The van der Waals surface area contributed by atoms with E-state index < -0.39 is 8.32 Å². The highest BCUT2D eigenvalue weighted by Crippen LogP contribution is 2.42. The van der Waals surface area contributed by atoms with E-state index in [1.807, 2.05) is 12.1 Å². The van der Waals surface area contributed by atoms with Gasteiger partial charge >= 0.3 is 0 Å². The van der Waals surface area contributed by atoms with Crippen molar-refractivity contribution in [2.75, 3.05) is 0 Å². The molecule has 0 saturated carbocycles. The van der Waals surface area contributed by atoms with Gasteiger partial charge in [-0.1, -0.05) is 53.1 Å². The minimum absolute atomic E-state index is 0.611.